The van der Waals surface area contributed by atoms with Crippen molar-refractivity contribution in [3.05, 3.63) is 28.7 Å². The molecule has 0 spiro atoms. The van der Waals surface area contributed by atoms with Gasteiger partial charge in [-0.2, -0.15) is 0 Å². The molecule has 1 aliphatic carbocycles. The average molecular weight is 366 g/mol. The summed E-state index contributed by atoms with van der Waals surface area (Å²) in [4.78, 5) is 12.4. The van der Waals surface area contributed by atoms with E-state index < -0.39 is 27.3 Å². The number of aryl methyl sites for hydroxylation is 1. The Bertz CT molecular complexity index is 1060. The van der Waals surface area contributed by atoms with Crippen LogP contribution in [0.15, 0.2) is 27.9 Å². The topological polar surface area (TPSA) is 132 Å². The fourth-order valence-corrected chi connectivity index (χ4v) is 4.04. The number of nitrogens with two attached hydrogens (primary N) is 1. The Kier molecular flexibility index (Phi) is 3.84. The maximum atomic E-state index is 12.6. The third-order valence-electron chi connectivity index (χ3n) is 4.18. The zero-order valence-electron chi connectivity index (χ0n) is 14.2. The van der Waals surface area contributed by atoms with Crippen molar-refractivity contribution in [3.8, 4) is 0 Å². The Morgan fingerprint density at radius 3 is 2.56 bits per heavy atom. The predicted molar refractivity (Wildman–Crippen MR) is 92.0 cm³/mol. The molecule has 25 heavy (non-hydrogen) atoms. The zero-order valence-corrected chi connectivity index (χ0v) is 15.0. The van der Waals surface area contributed by atoms with E-state index in [1.54, 1.807) is 0 Å². The molecule has 3 rings (SSSR count). The molecule has 1 saturated carbocycles. The van der Waals surface area contributed by atoms with E-state index in [0.717, 1.165) is 17.4 Å². The normalized spacial score (nSPS) is 16.0. The van der Waals surface area contributed by atoms with E-state index in [1.807, 2.05) is 6.92 Å². The van der Waals surface area contributed by atoms with E-state index in [0.29, 0.717) is 5.52 Å². The first-order valence-electron chi connectivity index (χ1n) is 7.65. The smallest absolute Gasteiger partial charge is 0.337 e. The summed E-state index contributed by atoms with van der Waals surface area (Å²) in [5.41, 5.74) is -0.212. The number of nitrogens with zero attached hydrogens (tertiary/aromatic N) is 2. The lowest BCUT2D eigenvalue weighted by molar-refractivity contribution is -0.133. The molecule has 0 unspecified atom stereocenters. The summed E-state index contributed by atoms with van der Waals surface area (Å²) >= 11 is 0. The largest absolute Gasteiger partial charge is 0.374 e. The van der Waals surface area contributed by atoms with E-state index in [2.05, 4.69) is 4.72 Å². The minimum atomic E-state index is -3.73. The number of hydrogen-bond acceptors (Lipinski definition) is 5. The van der Waals surface area contributed by atoms with Gasteiger partial charge in [-0.1, -0.05) is 0 Å². The molecule has 0 aliphatic heterocycles. The Hall–Kier alpha value is -2.46. The number of fused-ring (bicyclic) bond motifs is 1. The van der Waals surface area contributed by atoms with Crippen LogP contribution in [0.5, 0.6) is 0 Å². The van der Waals surface area contributed by atoms with Crippen LogP contribution in [0.1, 0.15) is 26.7 Å². The van der Waals surface area contributed by atoms with Gasteiger partial charge in [-0.15, -0.1) is 0 Å². The Morgan fingerprint density at radius 2 is 2.00 bits per heavy atom. The molecule has 0 bridgehead atoms. The number of hydrogen-bond donors (Lipinski definition) is 3. The van der Waals surface area contributed by atoms with Gasteiger partial charge in [-0.25, -0.2) is 27.9 Å². The van der Waals surface area contributed by atoms with Crippen molar-refractivity contribution in [3.63, 3.8) is 0 Å². The molecule has 1 aliphatic rings. The molecule has 1 heterocycles. The molecule has 1 fully saturated rings. The van der Waals surface area contributed by atoms with Gasteiger partial charge in [0.2, 0.25) is 10.0 Å². The van der Waals surface area contributed by atoms with Crippen LogP contribution in [0.25, 0.3) is 11.0 Å². The van der Waals surface area contributed by atoms with Crippen molar-refractivity contribution in [1.29, 1.82) is 5.41 Å². The summed E-state index contributed by atoms with van der Waals surface area (Å²) in [6, 6.07) is 3.83. The van der Waals surface area contributed by atoms with E-state index in [4.69, 9.17) is 15.6 Å². The van der Waals surface area contributed by atoms with Gasteiger partial charge in [0.1, 0.15) is 0 Å². The highest BCUT2D eigenvalue weighted by Gasteiger charge is 2.41. The van der Waals surface area contributed by atoms with Crippen molar-refractivity contribution in [2.45, 2.75) is 37.1 Å². The van der Waals surface area contributed by atoms with Crippen LogP contribution in [-0.4, -0.2) is 35.0 Å². The lowest BCUT2D eigenvalue weighted by atomic mass is 10.3. The molecule has 0 amide bonds. The minimum Gasteiger partial charge on any atom is -0.374 e. The van der Waals surface area contributed by atoms with Crippen LogP contribution in [0.3, 0.4) is 0 Å². The van der Waals surface area contributed by atoms with Crippen LogP contribution in [0.2, 0.25) is 0 Å². The maximum Gasteiger partial charge on any atom is 0.337 e. The molecule has 0 atom stereocenters. The lowest BCUT2D eigenvalue weighted by Gasteiger charge is -2.12. The van der Waals surface area contributed by atoms with E-state index in [1.165, 1.54) is 36.7 Å². The Balaban J connectivity index is 2.15. The third-order valence-corrected chi connectivity index (χ3v) is 5.82. The molecule has 0 radical (unpaired) electrons. The van der Waals surface area contributed by atoms with Gasteiger partial charge in [0.05, 0.1) is 22.9 Å². The third kappa shape index (κ3) is 3.10. The average Bonchev–Trinajstić information content (AvgIpc) is 3.15. The lowest BCUT2D eigenvalue weighted by Crippen LogP contribution is -2.42. The van der Waals surface area contributed by atoms with E-state index in [9.17, 15) is 13.2 Å². The monoisotopic (exact) mass is 366 g/mol. The van der Waals surface area contributed by atoms with Gasteiger partial charge >= 0.3 is 17.6 Å². The first-order valence-corrected chi connectivity index (χ1v) is 9.14. The number of benzene rings is 1. The molecule has 134 valence electrons. The number of nitrogens with one attached hydrogen (secondary N) is 2. The number of aromatic nitrogens is 2. The highest BCUT2D eigenvalue weighted by atomic mass is 32.2. The molecule has 9 nitrogen and oxygen atoms in total. The van der Waals surface area contributed by atoms with Crippen molar-refractivity contribution >= 4 is 33.0 Å². The van der Waals surface area contributed by atoms with Crippen molar-refractivity contribution < 1.29 is 18.6 Å². The van der Waals surface area contributed by atoms with Crippen LogP contribution < -0.4 is 15.8 Å². The Labute approximate surface area is 144 Å². The fraction of sp³-hybridized carbons (Fsp3) is 0.400. The SMILES string of the molecule is CC(=[NH2+])OC(=N)n1c(=O)n(C)c2ccc(S(=O)(=O)NC3(C)CC3)cc21. The summed E-state index contributed by atoms with van der Waals surface area (Å²) in [5.74, 6) is 0.000930. The molecule has 4 N–H and O–H groups in total. The molecule has 10 heteroatoms. The van der Waals surface area contributed by atoms with Crippen LogP contribution in [0, 0.1) is 5.41 Å². The van der Waals surface area contributed by atoms with Gasteiger partial charge in [-0.05, 0) is 38.0 Å². The second-order valence-electron chi connectivity index (χ2n) is 6.51. The first kappa shape index (κ1) is 17.4. The van der Waals surface area contributed by atoms with Crippen LogP contribution >= 0.6 is 0 Å². The Morgan fingerprint density at radius 1 is 1.36 bits per heavy atom. The quantitative estimate of drug-likeness (QED) is 0.482. The number of imidazole rings is 1. The second-order valence-corrected chi connectivity index (χ2v) is 8.19. The molecule has 1 aromatic heterocycles. The molecule has 0 saturated heterocycles. The summed E-state index contributed by atoms with van der Waals surface area (Å²) in [5, 5.41) is 13.4. The van der Waals surface area contributed by atoms with Crippen LogP contribution in [-0.2, 0) is 21.8 Å². The van der Waals surface area contributed by atoms with Gasteiger partial charge in [0.15, 0.2) is 0 Å². The minimum absolute atomic E-state index is 0.000930. The van der Waals surface area contributed by atoms with Crippen molar-refractivity contribution in [2.24, 2.45) is 7.05 Å². The molecule has 2 aromatic rings. The number of sulfonamides is 1. The zero-order chi connectivity index (χ0) is 18.6. The molecular formula is C15H20N5O4S+. The molecular weight excluding hydrogens is 346 g/mol. The summed E-state index contributed by atoms with van der Waals surface area (Å²) in [6.45, 7) is 3.28. The van der Waals surface area contributed by atoms with Crippen molar-refractivity contribution in [2.75, 3.05) is 0 Å². The highest BCUT2D eigenvalue weighted by molar-refractivity contribution is 7.89. The van der Waals surface area contributed by atoms with E-state index >= 15 is 0 Å². The maximum absolute atomic E-state index is 12.6. The van der Waals surface area contributed by atoms with Crippen LogP contribution in [0.4, 0.5) is 0 Å². The number of ether oxygens (including phenoxy) is 1. The van der Waals surface area contributed by atoms with Gasteiger partial charge in [-0.3, -0.25) is 9.98 Å². The van der Waals surface area contributed by atoms with Gasteiger partial charge in [0.25, 0.3) is 0 Å². The standard InChI is InChI=1S/C15H19N5O4S/c1-9(16)24-13(17)20-12-8-10(4-5-11(12)19(3)14(20)21)25(22,23)18-15(2)6-7-15/h4-5,8,16-18H,6-7H2,1-3H3/p+1. The van der Waals surface area contributed by atoms with Gasteiger partial charge < -0.3 is 4.74 Å². The second kappa shape index (κ2) is 5.53. The predicted octanol–water partition coefficient (Wildman–Crippen LogP) is -0.852. The number of rotatable bonds is 3. The van der Waals surface area contributed by atoms with E-state index in [-0.39, 0.29) is 16.3 Å². The summed E-state index contributed by atoms with van der Waals surface area (Å²) in [7, 11) is -2.20. The van der Waals surface area contributed by atoms with Crippen molar-refractivity contribution in [1.82, 2.24) is 13.9 Å². The summed E-state index contributed by atoms with van der Waals surface area (Å²) < 4.78 is 35.1. The highest BCUT2D eigenvalue weighted by Crippen LogP contribution is 2.36. The molecule has 1 aromatic carbocycles. The first-order chi connectivity index (χ1) is 11.5. The summed E-state index contributed by atoms with van der Waals surface area (Å²) in [6.07, 6.45) is 1.57. The fourth-order valence-electron chi connectivity index (χ4n) is 2.56. The van der Waals surface area contributed by atoms with Gasteiger partial charge in [0, 0.05) is 12.6 Å².